The standard InChI is InChI=1S/C44H55F3N8O5/c1-43(2)30-23-36(60-5)32(49-40(57)31-8-6-11-37(48-31)44(45,46)47)22-27(30)25-54(43)29-14-12-26(13-15-29)24-51(3)28-18-20-53(21-19-28)33-9-7-10-34-39(33)52(4)42(59)55(34)35-16-17-38(56)50-41(35)58/h6-11,22-23,26-30,35H,12-21,24-25H2,1-5H3,(H,49,57)(H,50,56,58)/t26-,27?,29-,30?,35?. The summed E-state index contributed by atoms with van der Waals surface area (Å²) in [6.07, 6.45) is 6.37. The molecule has 3 amide bonds. The smallest absolute Gasteiger partial charge is 0.433 e. The molecule has 4 fully saturated rings. The third-order valence-corrected chi connectivity index (χ3v) is 14.0. The summed E-state index contributed by atoms with van der Waals surface area (Å²) >= 11 is 0. The van der Waals surface area contributed by atoms with Crippen LogP contribution in [0.3, 0.4) is 0 Å². The number of imide groups is 1. The molecule has 3 atom stereocenters. The lowest BCUT2D eigenvalue weighted by molar-refractivity contribution is -0.141. The number of nitrogens with zero attached hydrogens (tertiary/aromatic N) is 6. The van der Waals surface area contributed by atoms with Crippen molar-refractivity contribution in [3.05, 3.63) is 81.9 Å². The molecule has 5 aliphatic rings. The number of imidazole rings is 1. The SMILES string of the molecule is COC1=CC2C(C=C1NC(=O)c1cccc(C(F)(F)F)n1)CN([C@H]1CC[C@H](CN(C)C3CCN(c4cccc5c4n(C)c(=O)n5C4CCC(=O)NC4=O)CC3)CC1)C2(C)C. The first-order valence-electron chi connectivity index (χ1n) is 21.1. The van der Waals surface area contributed by atoms with Gasteiger partial charge in [0.05, 0.1) is 29.5 Å². The number of nitrogens with one attached hydrogen (secondary N) is 2. The van der Waals surface area contributed by atoms with Crippen molar-refractivity contribution < 1.29 is 32.3 Å². The highest BCUT2D eigenvalue weighted by molar-refractivity contribution is 6.00. The summed E-state index contributed by atoms with van der Waals surface area (Å²) in [5, 5.41) is 5.17. The third kappa shape index (κ3) is 7.76. The van der Waals surface area contributed by atoms with E-state index in [1.54, 1.807) is 16.2 Å². The zero-order valence-corrected chi connectivity index (χ0v) is 34.9. The Morgan fingerprint density at radius 3 is 2.40 bits per heavy atom. The lowest BCUT2D eigenvalue weighted by atomic mass is 9.78. The Bertz CT molecular complexity index is 2280. The van der Waals surface area contributed by atoms with E-state index >= 15 is 0 Å². The van der Waals surface area contributed by atoms with Crippen LogP contribution in [0, 0.1) is 17.8 Å². The minimum atomic E-state index is -4.65. The number of para-hydroxylation sites is 1. The van der Waals surface area contributed by atoms with Crippen molar-refractivity contribution >= 4 is 34.4 Å². The Morgan fingerprint density at radius 1 is 1.00 bits per heavy atom. The van der Waals surface area contributed by atoms with Crippen LogP contribution in [0.25, 0.3) is 11.0 Å². The fourth-order valence-electron chi connectivity index (χ4n) is 10.8. The Balaban J connectivity index is 0.857. The average Bonchev–Trinajstić information content (AvgIpc) is 3.64. The highest BCUT2D eigenvalue weighted by Crippen LogP contribution is 2.47. The molecule has 3 aliphatic heterocycles. The monoisotopic (exact) mass is 832 g/mol. The Labute approximate surface area is 347 Å². The van der Waals surface area contributed by atoms with E-state index in [0.29, 0.717) is 41.4 Å². The van der Waals surface area contributed by atoms with E-state index in [-0.39, 0.29) is 41.1 Å². The first-order chi connectivity index (χ1) is 28.5. The lowest BCUT2D eigenvalue weighted by Gasteiger charge is -2.44. The Hall–Kier alpha value is -4.96. The van der Waals surface area contributed by atoms with Gasteiger partial charge in [0.15, 0.2) is 0 Å². The van der Waals surface area contributed by atoms with Gasteiger partial charge in [-0.05, 0) is 102 Å². The minimum absolute atomic E-state index is 0.0977. The molecule has 2 aromatic heterocycles. The maximum absolute atomic E-state index is 13.5. The molecule has 5 heterocycles. The molecule has 3 aromatic rings. The summed E-state index contributed by atoms with van der Waals surface area (Å²) in [7, 11) is 5.53. The number of rotatable bonds is 9. The van der Waals surface area contributed by atoms with Crippen molar-refractivity contribution in [3.63, 3.8) is 0 Å². The van der Waals surface area contributed by atoms with E-state index in [2.05, 4.69) is 63.4 Å². The molecule has 13 nitrogen and oxygen atoms in total. The number of carbonyl (C=O) groups is 3. The largest absolute Gasteiger partial charge is 0.495 e. The average molecular weight is 833 g/mol. The Morgan fingerprint density at radius 2 is 1.72 bits per heavy atom. The van der Waals surface area contributed by atoms with Gasteiger partial charge in [0.25, 0.3) is 5.91 Å². The molecule has 3 saturated heterocycles. The molecule has 2 aliphatic carbocycles. The Kier molecular flexibility index (Phi) is 11.2. The molecule has 3 unspecified atom stereocenters. The second kappa shape index (κ2) is 16.1. The number of hydrogen-bond acceptors (Lipinski definition) is 9. The number of piperidine rings is 2. The van der Waals surface area contributed by atoms with Gasteiger partial charge in [-0.1, -0.05) is 18.2 Å². The van der Waals surface area contributed by atoms with Crippen LogP contribution in [-0.2, 0) is 27.5 Å². The van der Waals surface area contributed by atoms with Gasteiger partial charge >= 0.3 is 11.9 Å². The summed E-state index contributed by atoms with van der Waals surface area (Å²) in [5.41, 5.74) is 1.09. The van der Waals surface area contributed by atoms with Crippen molar-refractivity contribution in [2.75, 3.05) is 45.2 Å². The first-order valence-corrected chi connectivity index (χ1v) is 21.1. The van der Waals surface area contributed by atoms with Gasteiger partial charge < -0.3 is 19.9 Å². The van der Waals surface area contributed by atoms with Crippen LogP contribution in [0.4, 0.5) is 18.9 Å². The van der Waals surface area contributed by atoms with Crippen molar-refractivity contribution in [1.82, 2.24) is 34.6 Å². The van der Waals surface area contributed by atoms with E-state index in [0.717, 1.165) is 82.0 Å². The number of likely N-dealkylation sites (tertiary alicyclic amines) is 1. The van der Waals surface area contributed by atoms with Crippen molar-refractivity contribution in [1.29, 1.82) is 0 Å². The summed E-state index contributed by atoms with van der Waals surface area (Å²) < 4.78 is 48.7. The molecule has 0 bridgehead atoms. The van der Waals surface area contributed by atoms with Crippen molar-refractivity contribution in [3.8, 4) is 0 Å². The maximum atomic E-state index is 13.5. The van der Waals surface area contributed by atoms with Gasteiger partial charge in [0, 0.05) is 69.1 Å². The van der Waals surface area contributed by atoms with Crippen LogP contribution in [0.5, 0.6) is 0 Å². The zero-order valence-electron chi connectivity index (χ0n) is 34.9. The van der Waals surface area contributed by atoms with Crippen LogP contribution in [0.2, 0.25) is 0 Å². The molecule has 322 valence electrons. The molecule has 1 saturated carbocycles. The van der Waals surface area contributed by atoms with Crippen LogP contribution in [0.1, 0.15) is 87.4 Å². The molecule has 0 spiro atoms. The van der Waals surface area contributed by atoms with Crippen molar-refractivity contribution in [2.24, 2.45) is 24.8 Å². The molecule has 1 aromatic carbocycles. The highest BCUT2D eigenvalue weighted by atomic mass is 19.4. The predicted molar refractivity (Wildman–Crippen MR) is 220 cm³/mol. The molecular formula is C44H55F3N8O5. The second-order valence-corrected chi connectivity index (χ2v) is 17.8. The number of alkyl halides is 3. The number of hydrogen-bond donors (Lipinski definition) is 2. The minimum Gasteiger partial charge on any atom is -0.495 e. The number of aryl methyl sites for hydroxylation is 1. The third-order valence-electron chi connectivity index (χ3n) is 14.0. The molecular weight excluding hydrogens is 778 g/mol. The number of amides is 3. The lowest BCUT2D eigenvalue weighted by Crippen LogP contribution is -2.50. The fourth-order valence-corrected chi connectivity index (χ4v) is 10.8. The number of benzene rings is 1. The molecule has 16 heteroatoms. The number of aromatic nitrogens is 3. The quantitative estimate of drug-likeness (QED) is 0.273. The number of pyridine rings is 1. The van der Waals surface area contributed by atoms with Crippen LogP contribution in [-0.4, -0.2) is 99.6 Å². The van der Waals surface area contributed by atoms with Crippen LogP contribution in [0.15, 0.2) is 64.8 Å². The maximum Gasteiger partial charge on any atom is 0.433 e. The van der Waals surface area contributed by atoms with Gasteiger partial charge in [-0.15, -0.1) is 0 Å². The summed E-state index contributed by atoms with van der Waals surface area (Å²) in [6, 6.07) is 9.32. The van der Waals surface area contributed by atoms with Crippen LogP contribution < -0.4 is 21.2 Å². The molecule has 2 N–H and O–H groups in total. The number of ether oxygens (including phenoxy) is 1. The van der Waals surface area contributed by atoms with Gasteiger partial charge in [0.1, 0.15) is 23.2 Å². The van der Waals surface area contributed by atoms with Gasteiger partial charge in [-0.3, -0.25) is 33.7 Å². The molecule has 8 rings (SSSR count). The van der Waals surface area contributed by atoms with E-state index < -0.39 is 29.7 Å². The van der Waals surface area contributed by atoms with E-state index in [1.165, 1.54) is 19.2 Å². The van der Waals surface area contributed by atoms with Crippen molar-refractivity contribution in [2.45, 2.75) is 95.1 Å². The van der Waals surface area contributed by atoms with E-state index in [1.807, 2.05) is 18.2 Å². The number of fused-ring (bicyclic) bond motifs is 2. The summed E-state index contributed by atoms with van der Waals surface area (Å²) in [5.74, 6) is -0.138. The number of carbonyl (C=O) groups excluding carboxylic acids is 3. The molecule has 0 radical (unpaired) electrons. The van der Waals surface area contributed by atoms with E-state index in [9.17, 15) is 32.3 Å². The first kappa shape index (κ1) is 41.8. The zero-order chi connectivity index (χ0) is 42.7. The number of halogens is 3. The topological polar surface area (TPSA) is 134 Å². The van der Waals surface area contributed by atoms with Gasteiger partial charge in [0.2, 0.25) is 11.8 Å². The van der Waals surface area contributed by atoms with Gasteiger partial charge in [-0.2, -0.15) is 13.2 Å². The summed E-state index contributed by atoms with van der Waals surface area (Å²) in [6.45, 7) is 8.09. The number of anilines is 1. The second-order valence-electron chi connectivity index (χ2n) is 17.8. The normalized spacial score (nSPS) is 26.5. The highest BCUT2D eigenvalue weighted by Gasteiger charge is 2.50. The van der Waals surface area contributed by atoms with E-state index in [4.69, 9.17) is 4.74 Å². The fraction of sp³-hybridized carbons (Fsp3) is 0.568. The summed E-state index contributed by atoms with van der Waals surface area (Å²) in [4.78, 5) is 62.2. The molecule has 60 heavy (non-hydrogen) atoms. The number of methoxy groups -OCH3 is 1. The predicted octanol–water partition coefficient (Wildman–Crippen LogP) is 5.38. The van der Waals surface area contributed by atoms with Crippen LogP contribution >= 0.6 is 0 Å². The van der Waals surface area contributed by atoms with Gasteiger partial charge in [-0.25, -0.2) is 9.78 Å².